The van der Waals surface area contributed by atoms with Crippen LogP contribution in [0.25, 0.3) is 0 Å². The molecule has 2 atom stereocenters. The molecular formula is C11H24N2O3S. The van der Waals surface area contributed by atoms with Gasteiger partial charge in [0, 0.05) is 25.7 Å². The van der Waals surface area contributed by atoms with Crippen LogP contribution in [0.5, 0.6) is 0 Å². The zero-order valence-corrected chi connectivity index (χ0v) is 11.8. The van der Waals surface area contributed by atoms with Crippen LogP contribution in [0.4, 0.5) is 0 Å². The van der Waals surface area contributed by atoms with Gasteiger partial charge in [-0.15, -0.1) is 0 Å². The summed E-state index contributed by atoms with van der Waals surface area (Å²) < 4.78 is 30.9. The number of rotatable bonds is 6. The van der Waals surface area contributed by atoms with Gasteiger partial charge in [0.05, 0.1) is 12.4 Å². The molecule has 0 amide bonds. The summed E-state index contributed by atoms with van der Waals surface area (Å²) in [6.07, 6.45) is 3.00. The Morgan fingerprint density at radius 2 is 2.18 bits per heavy atom. The highest BCUT2D eigenvalue weighted by molar-refractivity contribution is 7.89. The first-order chi connectivity index (χ1) is 8.03. The second kappa shape index (κ2) is 6.68. The van der Waals surface area contributed by atoms with Crippen LogP contribution >= 0.6 is 0 Å². The van der Waals surface area contributed by atoms with Gasteiger partial charge in [0.1, 0.15) is 0 Å². The molecule has 0 aliphatic carbocycles. The van der Waals surface area contributed by atoms with Gasteiger partial charge in [0.2, 0.25) is 10.0 Å². The molecule has 1 heterocycles. The maximum absolute atomic E-state index is 12.2. The summed E-state index contributed by atoms with van der Waals surface area (Å²) in [5.41, 5.74) is 0. The number of sulfonamides is 1. The molecule has 17 heavy (non-hydrogen) atoms. The topological polar surface area (TPSA) is 58.6 Å². The predicted molar refractivity (Wildman–Crippen MR) is 68.5 cm³/mol. The number of methoxy groups -OCH3 is 1. The number of likely N-dealkylation sites (N-methyl/N-ethyl adjacent to an activating group) is 1. The number of nitrogens with one attached hydrogen (secondary N) is 1. The van der Waals surface area contributed by atoms with Crippen molar-refractivity contribution in [1.29, 1.82) is 0 Å². The third-order valence-electron chi connectivity index (χ3n) is 3.43. The van der Waals surface area contributed by atoms with Gasteiger partial charge in [0.25, 0.3) is 0 Å². The highest BCUT2D eigenvalue weighted by atomic mass is 32.2. The molecule has 1 aliphatic heterocycles. The average molecular weight is 264 g/mol. The van der Waals surface area contributed by atoms with Gasteiger partial charge in [0.15, 0.2) is 0 Å². The van der Waals surface area contributed by atoms with E-state index < -0.39 is 10.0 Å². The predicted octanol–water partition coefficient (Wildman–Crippen LogP) is 0.425. The van der Waals surface area contributed by atoms with Crippen molar-refractivity contribution in [3.05, 3.63) is 0 Å². The molecule has 6 heteroatoms. The monoisotopic (exact) mass is 264 g/mol. The van der Waals surface area contributed by atoms with E-state index in [1.54, 1.807) is 4.31 Å². The molecule has 0 radical (unpaired) electrons. The smallest absolute Gasteiger partial charge is 0.216 e. The maximum atomic E-state index is 12.2. The zero-order chi connectivity index (χ0) is 12.9. The Bertz CT molecular complexity index is 319. The van der Waals surface area contributed by atoms with Gasteiger partial charge in [-0.2, -0.15) is 4.31 Å². The lowest BCUT2D eigenvalue weighted by Crippen LogP contribution is -2.53. The lowest BCUT2D eigenvalue weighted by atomic mass is 9.99. The average Bonchev–Trinajstić information content (AvgIpc) is 2.35. The minimum absolute atomic E-state index is 0.0793. The fraction of sp³-hybridized carbons (Fsp3) is 1.00. The first-order valence-electron chi connectivity index (χ1n) is 6.18. The first-order valence-corrected chi connectivity index (χ1v) is 7.79. The van der Waals surface area contributed by atoms with Crippen molar-refractivity contribution in [2.45, 2.75) is 38.3 Å². The molecule has 1 rings (SSSR count). The molecule has 5 nitrogen and oxygen atoms in total. The molecule has 2 unspecified atom stereocenters. The van der Waals surface area contributed by atoms with E-state index in [4.69, 9.17) is 4.74 Å². The second-order valence-electron chi connectivity index (χ2n) is 4.56. The molecule has 0 spiro atoms. The quantitative estimate of drug-likeness (QED) is 0.755. The van der Waals surface area contributed by atoms with Crippen LogP contribution in [0, 0.1) is 0 Å². The fourth-order valence-electron chi connectivity index (χ4n) is 2.27. The van der Waals surface area contributed by atoms with Crippen LogP contribution in [0.2, 0.25) is 0 Å². The van der Waals surface area contributed by atoms with Crippen molar-refractivity contribution in [1.82, 2.24) is 9.62 Å². The lowest BCUT2D eigenvalue weighted by Gasteiger charge is -2.38. The molecule has 1 aliphatic rings. The molecular weight excluding hydrogens is 240 g/mol. The van der Waals surface area contributed by atoms with Crippen LogP contribution in [0.1, 0.15) is 26.2 Å². The summed E-state index contributed by atoms with van der Waals surface area (Å²) >= 11 is 0. The standard InChI is InChI=1S/C11H24N2O3S/c1-10(12-2)11-6-4-5-7-13(11)17(14,15)9-8-16-3/h10-12H,4-9H2,1-3H3. The Morgan fingerprint density at radius 3 is 2.76 bits per heavy atom. The molecule has 102 valence electrons. The highest BCUT2D eigenvalue weighted by Crippen LogP contribution is 2.23. The summed E-state index contributed by atoms with van der Waals surface area (Å²) in [6.45, 7) is 2.94. The Morgan fingerprint density at radius 1 is 1.47 bits per heavy atom. The second-order valence-corrected chi connectivity index (χ2v) is 6.60. The number of ether oxygens (including phenoxy) is 1. The Labute approximate surface area is 105 Å². The first kappa shape index (κ1) is 14.9. The van der Waals surface area contributed by atoms with E-state index in [2.05, 4.69) is 5.32 Å². The Hall–Kier alpha value is -0.170. The number of hydrogen-bond donors (Lipinski definition) is 1. The maximum Gasteiger partial charge on any atom is 0.216 e. The minimum Gasteiger partial charge on any atom is -0.384 e. The summed E-state index contributed by atoms with van der Waals surface area (Å²) in [5.74, 6) is 0.0798. The number of nitrogens with zero attached hydrogens (tertiary/aromatic N) is 1. The van der Waals surface area contributed by atoms with Gasteiger partial charge in [-0.05, 0) is 26.8 Å². The van der Waals surface area contributed by atoms with Gasteiger partial charge >= 0.3 is 0 Å². The van der Waals surface area contributed by atoms with E-state index >= 15 is 0 Å². The van der Waals surface area contributed by atoms with Gasteiger partial charge < -0.3 is 10.1 Å². The van der Waals surface area contributed by atoms with Gasteiger partial charge in [-0.25, -0.2) is 8.42 Å². The van der Waals surface area contributed by atoms with Gasteiger partial charge in [-0.1, -0.05) is 6.42 Å². The number of hydrogen-bond acceptors (Lipinski definition) is 4. The Balaban J connectivity index is 2.76. The van der Waals surface area contributed by atoms with E-state index in [0.717, 1.165) is 19.3 Å². The van der Waals surface area contributed by atoms with Crippen molar-refractivity contribution < 1.29 is 13.2 Å². The van der Waals surface area contributed by atoms with E-state index in [0.29, 0.717) is 6.54 Å². The Kier molecular flexibility index (Phi) is 5.85. The van der Waals surface area contributed by atoms with Gasteiger partial charge in [-0.3, -0.25) is 0 Å². The molecule has 0 aromatic carbocycles. The summed E-state index contributed by atoms with van der Waals surface area (Å²) in [5, 5.41) is 3.16. The molecule has 1 saturated heterocycles. The fourth-order valence-corrected chi connectivity index (χ4v) is 3.99. The van der Waals surface area contributed by atoms with Crippen LogP contribution < -0.4 is 5.32 Å². The third kappa shape index (κ3) is 3.91. The van der Waals surface area contributed by atoms with Crippen molar-refractivity contribution in [3.8, 4) is 0 Å². The highest BCUT2D eigenvalue weighted by Gasteiger charge is 2.34. The zero-order valence-electron chi connectivity index (χ0n) is 11.0. The summed E-state index contributed by atoms with van der Waals surface area (Å²) in [7, 11) is 0.220. The van der Waals surface area contributed by atoms with Crippen LogP contribution in [-0.4, -0.2) is 57.9 Å². The van der Waals surface area contributed by atoms with Crippen LogP contribution in [0.15, 0.2) is 0 Å². The van der Waals surface area contributed by atoms with Crippen LogP contribution in [-0.2, 0) is 14.8 Å². The molecule has 0 saturated carbocycles. The summed E-state index contributed by atoms with van der Waals surface area (Å²) in [4.78, 5) is 0. The SMILES string of the molecule is CNC(C)C1CCCCN1S(=O)(=O)CCOC. The van der Waals surface area contributed by atoms with E-state index in [1.807, 2.05) is 14.0 Å². The molecule has 0 aromatic heterocycles. The van der Waals surface area contributed by atoms with Crippen molar-refractivity contribution in [2.24, 2.45) is 0 Å². The summed E-state index contributed by atoms with van der Waals surface area (Å²) in [6, 6.07) is 0.267. The molecule has 1 N–H and O–H groups in total. The van der Waals surface area contributed by atoms with Crippen molar-refractivity contribution in [2.75, 3.05) is 33.1 Å². The third-order valence-corrected chi connectivity index (χ3v) is 5.28. The number of piperidine rings is 1. The largest absolute Gasteiger partial charge is 0.384 e. The normalized spacial score (nSPS) is 24.8. The minimum atomic E-state index is -3.18. The van der Waals surface area contributed by atoms with Crippen molar-refractivity contribution >= 4 is 10.0 Å². The van der Waals surface area contributed by atoms with Crippen LogP contribution in [0.3, 0.4) is 0 Å². The molecule has 1 fully saturated rings. The van der Waals surface area contributed by atoms with E-state index in [9.17, 15) is 8.42 Å². The lowest BCUT2D eigenvalue weighted by molar-refractivity contribution is 0.199. The van der Waals surface area contributed by atoms with Crippen molar-refractivity contribution in [3.63, 3.8) is 0 Å². The van der Waals surface area contributed by atoms with E-state index in [1.165, 1.54) is 7.11 Å². The van der Waals surface area contributed by atoms with E-state index in [-0.39, 0.29) is 24.4 Å². The molecule has 0 bridgehead atoms. The molecule has 0 aromatic rings.